The highest BCUT2D eigenvalue weighted by atomic mass is 19.1. The normalized spacial score (nSPS) is 21.8. The Hall–Kier alpha value is -4.03. The molecule has 9 heteroatoms. The number of fused-ring (bicyclic) bond motifs is 3. The van der Waals surface area contributed by atoms with E-state index in [9.17, 15) is 14.4 Å². The van der Waals surface area contributed by atoms with Gasteiger partial charge in [-0.15, -0.1) is 5.10 Å². The number of halogens is 1. The Kier molecular flexibility index (Phi) is 5.30. The molecule has 3 N–H and O–H groups in total. The Bertz CT molecular complexity index is 1450. The van der Waals surface area contributed by atoms with Crippen LogP contribution in [-0.4, -0.2) is 44.0 Å². The third kappa shape index (κ3) is 4.06. The van der Waals surface area contributed by atoms with Crippen LogP contribution in [0.4, 0.5) is 4.39 Å². The number of benzene rings is 2. The van der Waals surface area contributed by atoms with Crippen LogP contribution in [0.15, 0.2) is 54.9 Å². The van der Waals surface area contributed by atoms with Gasteiger partial charge in [0.25, 0.3) is 0 Å². The summed E-state index contributed by atoms with van der Waals surface area (Å²) < 4.78 is 16.5. The van der Waals surface area contributed by atoms with Crippen LogP contribution in [0.5, 0.6) is 0 Å². The Balaban J connectivity index is 1.15. The molecule has 8 nitrogen and oxygen atoms in total. The van der Waals surface area contributed by atoms with Gasteiger partial charge in [0.05, 0.1) is 24.0 Å². The summed E-state index contributed by atoms with van der Waals surface area (Å²) >= 11 is 0. The number of nitriles is 1. The van der Waals surface area contributed by atoms with Gasteiger partial charge < -0.3 is 15.6 Å². The molecule has 1 amide bonds. The molecule has 176 valence electrons. The largest absolute Gasteiger partial charge is 0.361 e. The Morgan fingerprint density at radius 3 is 2.94 bits per heavy atom. The topological polar surface area (TPSA) is 111 Å². The number of rotatable bonds is 6. The smallest absolute Gasteiger partial charge is 0.238 e. The molecule has 1 saturated heterocycles. The summed E-state index contributed by atoms with van der Waals surface area (Å²) in [5.41, 5.74) is 3.52. The number of amides is 1. The van der Waals surface area contributed by atoms with Crippen LogP contribution < -0.4 is 10.6 Å². The lowest BCUT2D eigenvalue weighted by Gasteiger charge is -2.23. The first kappa shape index (κ1) is 21.5. The SMILES string of the molecule is N#C[C@H](Cc1ccc(-n2cc(-c3ccc4[nH]ccc4c3)nn2)cc1F)NC(=O)[C@H]1N[C@@H]2CC[C@H]1C2. The summed E-state index contributed by atoms with van der Waals surface area (Å²) in [5, 5.41) is 25.1. The van der Waals surface area contributed by atoms with Crippen molar-refractivity contribution in [2.45, 2.75) is 43.8 Å². The zero-order valence-electron chi connectivity index (χ0n) is 18.9. The van der Waals surface area contributed by atoms with Gasteiger partial charge in [0.2, 0.25) is 5.91 Å². The summed E-state index contributed by atoms with van der Waals surface area (Å²) in [4.78, 5) is 15.8. The first-order chi connectivity index (χ1) is 17.1. The van der Waals surface area contributed by atoms with Gasteiger partial charge in [-0.05, 0) is 61.1 Å². The van der Waals surface area contributed by atoms with Gasteiger partial charge in [0.15, 0.2) is 0 Å². The van der Waals surface area contributed by atoms with Crippen molar-refractivity contribution in [1.82, 2.24) is 30.6 Å². The molecule has 3 heterocycles. The Labute approximate surface area is 201 Å². The van der Waals surface area contributed by atoms with Gasteiger partial charge >= 0.3 is 0 Å². The molecular formula is C26H24FN7O. The van der Waals surface area contributed by atoms with E-state index in [1.807, 2.05) is 30.5 Å². The van der Waals surface area contributed by atoms with Crippen LogP contribution in [0.3, 0.4) is 0 Å². The minimum Gasteiger partial charge on any atom is -0.361 e. The summed E-state index contributed by atoms with van der Waals surface area (Å²) in [6.07, 6.45) is 6.87. The number of H-pyrrole nitrogens is 1. The Morgan fingerprint density at radius 2 is 2.17 bits per heavy atom. The number of aromatic amines is 1. The molecule has 2 fully saturated rings. The molecule has 0 radical (unpaired) electrons. The maximum absolute atomic E-state index is 15.0. The number of carbonyl (C=O) groups excluding carboxylic acids is 1. The second-order valence-corrected chi connectivity index (χ2v) is 9.41. The van der Waals surface area contributed by atoms with Gasteiger partial charge in [-0.3, -0.25) is 4.79 Å². The quantitative estimate of drug-likeness (QED) is 0.401. The van der Waals surface area contributed by atoms with Gasteiger partial charge in [0.1, 0.15) is 17.6 Å². The lowest BCUT2D eigenvalue weighted by Crippen LogP contribution is -2.50. The van der Waals surface area contributed by atoms with Gasteiger partial charge in [-0.2, -0.15) is 5.26 Å². The molecule has 35 heavy (non-hydrogen) atoms. The first-order valence-corrected chi connectivity index (χ1v) is 11.8. The van der Waals surface area contributed by atoms with Crippen molar-refractivity contribution in [3.63, 3.8) is 0 Å². The third-order valence-corrected chi connectivity index (χ3v) is 7.18. The lowest BCUT2D eigenvalue weighted by atomic mass is 9.98. The van der Waals surface area contributed by atoms with Crippen LogP contribution in [0.25, 0.3) is 27.8 Å². The zero-order valence-corrected chi connectivity index (χ0v) is 18.9. The van der Waals surface area contributed by atoms with Crippen LogP contribution in [0.2, 0.25) is 0 Å². The van der Waals surface area contributed by atoms with Crippen LogP contribution in [-0.2, 0) is 11.2 Å². The maximum atomic E-state index is 15.0. The molecule has 2 aromatic carbocycles. The molecule has 6 rings (SSSR count). The van der Waals surface area contributed by atoms with E-state index < -0.39 is 11.9 Å². The predicted molar refractivity (Wildman–Crippen MR) is 128 cm³/mol. The molecule has 0 spiro atoms. The van der Waals surface area contributed by atoms with Gasteiger partial charge in [-0.1, -0.05) is 17.3 Å². The van der Waals surface area contributed by atoms with Crippen molar-refractivity contribution in [3.8, 4) is 23.0 Å². The fourth-order valence-electron chi connectivity index (χ4n) is 5.34. The molecular weight excluding hydrogens is 445 g/mol. The Morgan fingerprint density at radius 1 is 1.26 bits per heavy atom. The fraction of sp³-hybridized carbons (Fsp3) is 0.308. The molecule has 1 saturated carbocycles. The zero-order chi connectivity index (χ0) is 23.9. The summed E-state index contributed by atoms with van der Waals surface area (Å²) in [6.45, 7) is 0. The molecule has 4 atom stereocenters. The van der Waals surface area contributed by atoms with Gasteiger partial charge in [-0.25, -0.2) is 9.07 Å². The lowest BCUT2D eigenvalue weighted by molar-refractivity contribution is -0.124. The van der Waals surface area contributed by atoms with E-state index in [2.05, 4.69) is 32.0 Å². The van der Waals surface area contributed by atoms with E-state index in [4.69, 9.17) is 0 Å². The summed E-state index contributed by atoms with van der Waals surface area (Å²) in [7, 11) is 0. The molecule has 2 bridgehead atoms. The number of hydrogen-bond donors (Lipinski definition) is 3. The van der Waals surface area contributed by atoms with Gasteiger partial charge in [0, 0.05) is 35.1 Å². The summed E-state index contributed by atoms with van der Waals surface area (Å²) in [6, 6.07) is 14.1. The molecule has 4 aromatic rings. The second-order valence-electron chi connectivity index (χ2n) is 9.41. The van der Waals surface area contributed by atoms with E-state index in [-0.39, 0.29) is 18.4 Å². The molecule has 0 unspecified atom stereocenters. The molecule has 1 aliphatic heterocycles. The number of nitrogens with one attached hydrogen (secondary N) is 3. The molecule has 1 aliphatic carbocycles. The van der Waals surface area contributed by atoms with E-state index in [1.54, 1.807) is 18.3 Å². The number of carbonyl (C=O) groups is 1. The van der Waals surface area contributed by atoms with Crippen LogP contribution >= 0.6 is 0 Å². The minimum absolute atomic E-state index is 0.0917. The van der Waals surface area contributed by atoms with E-state index in [1.165, 1.54) is 10.7 Å². The highest BCUT2D eigenvalue weighted by molar-refractivity contribution is 5.84. The monoisotopic (exact) mass is 469 g/mol. The number of aromatic nitrogens is 4. The maximum Gasteiger partial charge on any atom is 0.238 e. The predicted octanol–water partition coefficient (Wildman–Crippen LogP) is 3.25. The number of hydrogen-bond acceptors (Lipinski definition) is 5. The standard InChI is InChI=1S/C26H24FN7O/c27-22-12-21(34-14-24(32-33-34)16-3-6-23-17(9-16)7-8-29-23)5-2-15(22)10-20(13-28)31-26(35)25-18-1-4-19(11-18)30-25/h2-3,5-9,12,14,18-20,25,29-30H,1,4,10-11H2,(H,31,35)/t18-,19+,20-,25-/m0/s1. The van der Waals surface area contributed by atoms with E-state index in [0.717, 1.165) is 35.7 Å². The minimum atomic E-state index is -0.801. The second kappa shape index (κ2) is 8.64. The van der Waals surface area contributed by atoms with E-state index >= 15 is 0 Å². The highest BCUT2D eigenvalue weighted by Crippen LogP contribution is 2.35. The van der Waals surface area contributed by atoms with Crippen molar-refractivity contribution in [2.24, 2.45) is 5.92 Å². The summed E-state index contributed by atoms with van der Waals surface area (Å²) in [5.74, 6) is -0.303. The van der Waals surface area contributed by atoms with Crippen molar-refractivity contribution in [3.05, 3.63) is 66.2 Å². The number of nitrogens with zero attached hydrogens (tertiary/aromatic N) is 4. The van der Waals surface area contributed by atoms with E-state index in [0.29, 0.717) is 28.9 Å². The molecule has 2 aromatic heterocycles. The molecule has 2 aliphatic rings. The van der Waals surface area contributed by atoms with Crippen molar-refractivity contribution in [2.75, 3.05) is 0 Å². The highest BCUT2D eigenvalue weighted by Gasteiger charge is 2.43. The van der Waals surface area contributed by atoms with Crippen molar-refractivity contribution < 1.29 is 9.18 Å². The fourth-order valence-corrected chi connectivity index (χ4v) is 5.34. The first-order valence-electron chi connectivity index (χ1n) is 11.8. The van der Waals surface area contributed by atoms with Crippen LogP contribution in [0.1, 0.15) is 24.8 Å². The van der Waals surface area contributed by atoms with Crippen LogP contribution in [0, 0.1) is 23.1 Å². The van der Waals surface area contributed by atoms with Crippen molar-refractivity contribution >= 4 is 16.8 Å². The average Bonchev–Trinajstić information content (AvgIpc) is 3.68. The number of piperidine rings is 1. The van der Waals surface area contributed by atoms with Crippen molar-refractivity contribution in [1.29, 1.82) is 5.26 Å². The average molecular weight is 470 g/mol. The third-order valence-electron chi connectivity index (χ3n) is 7.18.